The maximum Gasteiger partial charge on any atom is 0.254 e. The highest BCUT2D eigenvalue weighted by Gasteiger charge is 2.20. The highest BCUT2D eigenvalue weighted by Crippen LogP contribution is 2.08. The highest BCUT2D eigenvalue weighted by atomic mass is 16.2. The zero-order chi connectivity index (χ0) is 15.3. The van der Waals surface area contributed by atoms with Crippen molar-refractivity contribution in [1.82, 2.24) is 10.2 Å². The predicted octanol–water partition coefficient (Wildman–Crippen LogP) is 2.37. The van der Waals surface area contributed by atoms with Crippen molar-refractivity contribution < 1.29 is 9.59 Å². The van der Waals surface area contributed by atoms with E-state index in [0.717, 1.165) is 5.56 Å². The Morgan fingerprint density at radius 1 is 1.25 bits per heavy atom. The van der Waals surface area contributed by atoms with E-state index < -0.39 is 0 Å². The van der Waals surface area contributed by atoms with Crippen LogP contribution in [0.15, 0.2) is 24.3 Å². The van der Waals surface area contributed by atoms with Gasteiger partial charge in [0.1, 0.15) is 0 Å². The summed E-state index contributed by atoms with van der Waals surface area (Å²) >= 11 is 0. The zero-order valence-electron chi connectivity index (χ0n) is 13.0. The van der Waals surface area contributed by atoms with Crippen LogP contribution >= 0.6 is 0 Å². The first kappa shape index (κ1) is 16.2. The molecule has 0 saturated carbocycles. The number of carbonyl (C=O) groups excluding carboxylic acids is 2. The van der Waals surface area contributed by atoms with Gasteiger partial charge < -0.3 is 10.2 Å². The summed E-state index contributed by atoms with van der Waals surface area (Å²) in [6.45, 7) is 10.2. The second-order valence-corrected chi connectivity index (χ2v) is 5.99. The summed E-state index contributed by atoms with van der Waals surface area (Å²) in [5.74, 6) is -0.249. The van der Waals surface area contributed by atoms with E-state index >= 15 is 0 Å². The fourth-order valence-electron chi connectivity index (χ4n) is 1.92. The molecule has 4 heteroatoms. The van der Waals surface area contributed by atoms with Crippen molar-refractivity contribution in [2.75, 3.05) is 13.1 Å². The average molecular weight is 276 g/mol. The molecule has 0 fully saturated rings. The number of hydrogen-bond acceptors (Lipinski definition) is 2. The zero-order valence-corrected chi connectivity index (χ0v) is 13.0. The minimum Gasteiger partial charge on any atom is -0.350 e. The van der Waals surface area contributed by atoms with Crippen molar-refractivity contribution in [1.29, 1.82) is 0 Å². The summed E-state index contributed by atoms with van der Waals surface area (Å²) in [6, 6.07) is 7.41. The van der Waals surface area contributed by atoms with Crippen LogP contribution in [0, 0.1) is 6.92 Å². The predicted molar refractivity (Wildman–Crippen MR) is 80.7 cm³/mol. The number of nitrogens with zero attached hydrogens (tertiary/aromatic N) is 1. The van der Waals surface area contributed by atoms with Gasteiger partial charge in [0.15, 0.2) is 0 Å². The first-order valence-corrected chi connectivity index (χ1v) is 6.90. The van der Waals surface area contributed by atoms with Crippen molar-refractivity contribution in [3.8, 4) is 0 Å². The van der Waals surface area contributed by atoms with E-state index in [0.29, 0.717) is 12.1 Å². The van der Waals surface area contributed by atoms with Crippen LogP contribution < -0.4 is 5.32 Å². The summed E-state index contributed by atoms with van der Waals surface area (Å²) < 4.78 is 0. The lowest BCUT2D eigenvalue weighted by molar-refractivity contribution is -0.123. The number of carbonyl (C=O) groups is 2. The first-order chi connectivity index (χ1) is 9.23. The molecule has 0 aromatic heterocycles. The minimum atomic E-state index is -0.289. The van der Waals surface area contributed by atoms with Gasteiger partial charge in [0, 0.05) is 17.6 Å². The Bertz CT molecular complexity index is 489. The molecule has 2 amide bonds. The molecule has 110 valence electrons. The quantitative estimate of drug-likeness (QED) is 0.918. The molecule has 0 aliphatic heterocycles. The summed E-state index contributed by atoms with van der Waals surface area (Å²) in [7, 11) is 0. The Morgan fingerprint density at radius 2 is 1.90 bits per heavy atom. The van der Waals surface area contributed by atoms with Gasteiger partial charge in [0.25, 0.3) is 5.91 Å². The molecular weight excluding hydrogens is 252 g/mol. The van der Waals surface area contributed by atoms with Crippen LogP contribution in [-0.4, -0.2) is 35.3 Å². The van der Waals surface area contributed by atoms with Crippen molar-refractivity contribution in [2.45, 2.75) is 40.2 Å². The highest BCUT2D eigenvalue weighted by molar-refractivity contribution is 5.96. The molecule has 0 saturated heterocycles. The van der Waals surface area contributed by atoms with Crippen LogP contribution in [-0.2, 0) is 4.79 Å². The molecule has 1 aromatic rings. The number of benzene rings is 1. The molecule has 0 aliphatic carbocycles. The van der Waals surface area contributed by atoms with Gasteiger partial charge in [-0.2, -0.15) is 0 Å². The third kappa shape index (κ3) is 5.03. The van der Waals surface area contributed by atoms with Crippen LogP contribution in [0.5, 0.6) is 0 Å². The van der Waals surface area contributed by atoms with Crippen LogP contribution in [0.3, 0.4) is 0 Å². The maximum atomic E-state index is 12.4. The number of rotatable bonds is 4. The molecule has 0 unspecified atom stereocenters. The lowest BCUT2D eigenvalue weighted by Crippen LogP contribution is -2.47. The Morgan fingerprint density at radius 3 is 2.40 bits per heavy atom. The van der Waals surface area contributed by atoms with Gasteiger partial charge in [-0.3, -0.25) is 9.59 Å². The number of amides is 2. The largest absolute Gasteiger partial charge is 0.350 e. The fraction of sp³-hybridized carbons (Fsp3) is 0.500. The van der Waals surface area contributed by atoms with E-state index in [1.165, 1.54) is 0 Å². The van der Waals surface area contributed by atoms with E-state index in [9.17, 15) is 9.59 Å². The van der Waals surface area contributed by atoms with Gasteiger partial charge in [0.2, 0.25) is 5.91 Å². The van der Waals surface area contributed by atoms with Crippen LogP contribution in [0.1, 0.15) is 43.6 Å². The molecule has 0 spiro atoms. The van der Waals surface area contributed by atoms with E-state index in [1.54, 1.807) is 11.0 Å². The van der Waals surface area contributed by atoms with Crippen LogP contribution in [0.25, 0.3) is 0 Å². The van der Waals surface area contributed by atoms with Crippen LogP contribution in [0.2, 0.25) is 0 Å². The lowest BCUT2D eigenvalue weighted by atomic mass is 10.1. The Kier molecular flexibility index (Phi) is 5.31. The molecule has 0 bridgehead atoms. The second kappa shape index (κ2) is 6.55. The molecule has 0 radical (unpaired) electrons. The topological polar surface area (TPSA) is 49.4 Å². The Hall–Kier alpha value is -1.84. The fourth-order valence-corrected chi connectivity index (χ4v) is 1.92. The molecule has 20 heavy (non-hydrogen) atoms. The van der Waals surface area contributed by atoms with E-state index in [-0.39, 0.29) is 23.9 Å². The molecule has 0 aliphatic rings. The molecule has 1 aromatic carbocycles. The van der Waals surface area contributed by atoms with Gasteiger partial charge in [-0.05, 0) is 46.8 Å². The summed E-state index contributed by atoms with van der Waals surface area (Å²) in [5, 5.41) is 2.87. The number of hydrogen-bond donors (Lipinski definition) is 1. The van der Waals surface area contributed by atoms with Gasteiger partial charge in [-0.1, -0.05) is 17.7 Å². The third-order valence-electron chi connectivity index (χ3n) is 2.78. The molecule has 0 atom stereocenters. The smallest absolute Gasteiger partial charge is 0.254 e. The van der Waals surface area contributed by atoms with Crippen molar-refractivity contribution in [3.63, 3.8) is 0 Å². The Labute approximate surface area is 121 Å². The van der Waals surface area contributed by atoms with Crippen molar-refractivity contribution >= 4 is 11.8 Å². The minimum absolute atomic E-state index is 0.0839. The molecule has 4 nitrogen and oxygen atoms in total. The molecule has 1 rings (SSSR count). The van der Waals surface area contributed by atoms with Gasteiger partial charge >= 0.3 is 0 Å². The van der Waals surface area contributed by atoms with Crippen molar-refractivity contribution in [3.05, 3.63) is 35.4 Å². The van der Waals surface area contributed by atoms with Crippen molar-refractivity contribution in [2.24, 2.45) is 0 Å². The standard InChI is InChI=1S/C16H24N2O2/c1-6-18(11-14(19)17-16(3,4)5)15(20)13-9-7-8-12(2)10-13/h7-10H,6,11H2,1-5H3,(H,17,19). The maximum absolute atomic E-state index is 12.4. The average Bonchev–Trinajstić information content (AvgIpc) is 2.33. The summed E-state index contributed by atoms with van der Waals surface area (Å²) in [6.07, 6.45) is 0. The normalized spacial score (nSPS) is 11.1. The van der Waals surface area contributed by atoms with Gasteiger partial charge in [-0.25, -0.2) is 0 Å². The van der Waals surface area contributed by atoms with E-state index in [2.05, 4.69) is 5.32 Å². The molecule has 0 heterocycles. The van der Waals surface area contributed by atoms with Gasteiger partial charge in [0.05, 0.1) is 6.54 Å². The summed E-state index contributed by atoms with van der Waals surface area (Å²) in [4.78, 5) is 25.9. The number of aryl methyl sites for hydroxylation is 1. The van der Waals surface area contributed by atoms with Gasteiger partial charge in [-0.15, -0.1) is 0 Å². The third-order valence-corrected chi connectivity index (χ3v) is 2.78. The second-order valence-electron chi connectivity index (χ2n) is 5.99. The number of likely N-dealkylation sites (N-methyl/N-ethyl adjacent to an activating group) is 1. The van der Waals surface area contributed by atoms with Crippen LogP contribution in [0.4, 0.5) is 0 Å². The number of nitrogens with one attached hydrogen (secondary N) is 1. The molecule has 1 N–H and O–H groups in total. The Balaban J connectivity index is 2.76. The monoisotopic (exact) mass is 276 g/mol. The van der Waals surface area contributed by atoms with E-state index in [4.69, 9.17) is 0 Å². The first-order valence-electron chi connectivity index (χ1n) is 6.90. The SMILES string of the molecule is CCN(CC(=O)NC(C)(C)C)C(=O)c1cccc(C)c1. The molecular formula is C16H24N2O2. The summed E-state index contributed by atoms with van der Waals surface area (Å²) in [5.41, 5.74) is 1.37. The lowest BCUT2D eigenvalue weighted by Gasteiger charge is -2.25. The van der Waals surface area contributed by atoms with E-state index in [1.807, 2.05) is 52.8 Å².